The van der Waals surface area contributed by atoms with Gasteiger partial charge in [0.25, 0.3) is 0 Å². The third kappa shape index (κ3) is 2.98. The maximum absolute atomic E-state index is 13.4. The Kier molecular flexibility index (Phi) is 4.02. The number of halogens is 3. The average Bonchev–Trinajstić information content (AvgIpc) is 2.53. The van der Waals surface area contributed by atoms with Crippen LogP contribution in [0.3, 0.4) is 0 Å². The molecule has 0 aromatic carbocycles. The zero-order valence-corrected chi connectivity index (χ0v) is 13.0. The standard InChI is InChI=1S/C15H16F3N5O/c1-8(24)23-4-2-3-9(6-23)11-5-10(15(16,17)18)12-13(19)20-7-21-14(12)22-11/h5,7,9H,2-4,6H2,1H3,(H2,19,20,21,22)/t9-/m0/s1. The molecule has 24 heavy (non-hydrogen) atoms. The first-order valence-electron chi connectivity index (χ1n) is 7.51. The molecule has 6 nitrogen and oxygen atoms in total. The Morgan fingerprint density at radius 2 is 2.12 bits per heavy atom. The zero-order valence-electron chi connectivity index (χ0n) is 13.0. The van der Waals surface area contributed by atoms with Gasteiger partial charge in [-0.1, -0.05) is 0 Å². The number of fused-ring (bicyclic) bond motifs is 1. The van der Waals surface area contributed by atoms with Crippen LogP contribution in [0, 0.1) is 0 Å². The van der Waals surface area contributed by atoms with Gasteiger partial charge in [-0.25, -0.2) is 15.0 Å². The van der Waals surface area contributed by atoms with Gasteiger partial charge in [0.05, 0.1) is 10.9 Å². The number of carbonyl (C=O) groups excluding carboxylic acids is 1. The molecule has 3 rings (SSSR count). The molecule has 0 radical (unpaired) electrons. The minimum absolute atomic E-state index is 0.0766. The molecule has 0 spiro atoms. The second kappa shape index (κ2) is 5.88. The maximum atomic E-state index is 13.4. The number of likely N-dealkylation sites (tertiary alicyclic amines) is 1. The lowest BCUT2D eigenvalue weighted by Gasteiger charge is -2.32. The predicted octanol–water partition coefficient (Wildman–Crippen LogP) is 2.35. The number of hydrogen-bond acceptors (Lipinski definition) is 5. The molecular weight excluding hydrogens is 323 g/mol. The molecule has 1 atom stereocenters. The molecule has 2 N–H and O–H groups in total. The Bertz CT molecular complexity index is 793. The normalized spacial score (nSPS) is 18.8. The molecule has 1 fully saturated rings. The van der Waals surface area contributed by atoms with Gasteiger partial charge in [-0.2, -0.15) is 13.2 Å². The van der Waals surface area contributed by atoms with E-state index in [1.165, 1.54) is 6.92 Å². The largest absolute Gasteiger partial charge is 0.417 e. The highest BCUT2D eigenvalue weighted by molar-refractivity contribution is 5.89. The van der Waals surface area contributed by atoms with Crippen molar-refractivity contribution in [2.75, 3.05) is 18.8 Å². The van der Waals surface area contributed by atoms with Crippen LogP contribution in [0.4, 0.5) is 19.0 Å². The molecule has 3 heterocycles. The summed E-state index contributed by atoms with van der Waals surface area (Å²) in [5.41, 5.74) is 4.91. The van der Waals surface area contributed by atoms with Crippen LogP contribution in [-0.2, 0) is 11.0 Å². The van der Waals surface area contributed by atoms with Crippen LogP contribution < -0.4 is 5.73 Å². The van der Waals surface area contributed by atoms with Gasteiger partial charge in [-0.3, -0.25) is 4.79 Å². The summed E-state index contributed by atoms with van der Waals surface area (Å²) < 4.78 is 40.3. The number of alkyl halides is 3. The number of anilines is 1. The Morgan fingerprint density at radius 1 is 1.38 bits per heavy atom. The summed E-state index contributed by atoms with van der Waals surface area (Å²) in [6.45, 7) is 2.41. The number of hydrogen-bond donors (Lipinski definition) is 1. The first-order chi connectivity index (χ1) is 11.3. The SMILES string of the molecule is CC(=O)N1CCC[C@H](c2cc(C(F)(F)F)c3c(N)ncnc3n2)C1. The Hall–Kier alpha value is -2.45. The zero-order chi connectivity index (χ0) is 17.5. The molecule has 1 aliphatic rings. The number of aromatic nitrogens is 3. The molecule has 0 aliphatic carbocycles. The topological polar surface area (TPSA) is 85.0 Å². The third-order valence-corrected chi connectivity index (χ3v) is 4.24. The number of pyridine rings is 1. The van der Waals surface area contributed by atoms with E-state index in [1.54, 1.807) is 4.90 Å². The fraction of sp³-hybridized carbons (Fsp3) is 0.467. The van der Waals surface area contributed by atoms with Crippen molar-refractivity contribution in [3.05, 3.63) is 23.7 Å². The first kappa shape index (κ1) is 16.4. The first-order valence-corrected chi connectivity index (χ1v) is 7.51. The Labute approximate surface area is 135 Å². The molecule has 0 bridgehead atoms. The van der Waals surface area contributed by atoms with Gasteiger partial charge in [0.2, 0.25) is 5.91 Å². The van der Waals surface area contributed by atoms with E-state index < -0.39 is 11.7 Å². The van der Waals surface area contributed by atoms with Crippen molar-refractivity contribution in [1.82, 2.24) is 19.9 Å². The number of nitrogens with two attached hydrogens (primary N) is 1. The number of nitrogen functional groups attached to an aromatic ring is 1. The van der Waals surface area contributed by atoms with E-state index >= 15 is 0 Å². The number of piperidine rings is 1. The highest BCUT2D eigenvalue weighted by Gasteiger charge is 2.36. The molecule has 9 heteroatoms. The highest BCUT2D eigenvalue weighted by Crippen LogP contribution is 2.38. The molecule has 0 unspecified atom stereocenters. The number of amides is 1. The summed E-state index contributed by atoms with van der Waals surface area (Å²) >= 11 is 0. The van der Waals surface area contributed by atoms with Crippen molar-refractivity contribution in [3.8, 4) is 0 Å². The molecule has 2 aromatic rings. The fourth-order valence-corrected chi connectivity index (χ4v) is 3.04. The Balaban J connectivity index is 2.11. The van der Waals surface area contributed by atoms with Crippen LogP contribution in [0.1, 0.15) is 36.9 Å². The summed E-state index contributed by atoms with van der Waals surface area (Å²) in [6, 6.07) is 1.01. The van der Waals surface area contributed by atoms with E-state index in [0.29, 0.717) is 19.5 Å². The van der Waals surface area contributed by atoms with Gasteiger partial charge in [0.15, 0.2) is 5.65 Å². The van der Waals surface area contributed by atoms with Gasteiger partial charge in [0, 0.05) is 31.6 Å². The predicted molar refractivity (Wildman–Crippen MR) is 81.0 cm³/mol. The quantitative estimate of drug-likeness (QED) is 0.862. The third-order valence-electron chi connectivity index (χ3n) is 4.24. The lowest BCUT2D eigenvalue weighted by Crippen LogP contribution is -2.38. The van der Waals surface area contributed by atoms with E-state index in [1.807, 2.05) is 0 Å². The van der Waals surface area contributed by atoms with Crippen LogP contribution in [0.25, 0.3) is 11.0 Å². The molecule has 1 saturated heterocycles. The van der Waals surface area contributed by atoms with E-state index in [-0.39, 0.29) is 34.4 Å². The van der Waals surface area contributed by atoms with Crippen molar-refractivity contribution in [2.45, 2.75) is 31.9 Å². The van der Waals surface area contributed by atoms with Crippen molar-refractivity contribution in [1.29, 1.82) is 0 Å². The molecule has 1 aliphatic heterocycles. The van der Waals surface area contributed by atoms with E-state index in [0.717, 1.165) is 18.8 Å². The van der Waals surface area contributed by atoms with Crippen LogP contribution in [0.15, 0.2) is 12.4 Å². The second-order valence-corrected chi connectivity index (χ2v) is 5.85. The van der Waals surface area contributed by atoms with Gasteiger partial charge in [-0.15, -0.1) is 0 Å². The van der Waals surface area contributed by atoms with Crippen molar-refractivity contribution in [3.63, 3.8) is 0 Å². The van der Waals surface area contributed by atoms with E-state index in [4.69, 9.17) is 5.73 Å². The molecular formula is C15H16F3N5O. The van der Waals surface area contributed by atoms with E-state index in [9.17, 15) is 18.0 Å². The van der Waals surface area contributed by atoms with Crippen LogP contribution in [0.5, 0.6) is 0 Å². The van der Waals surface area contributed by atoms with Crippen LogP contribution >= 0.6 is 0 Å². The summed E-state index contributed by atoms with van der Waals surface area (Å²) in [6.07, 6.45) is -2.11. The summed E-state index contributed by atoms with van der Waals surface area (Å²) in [4.78, 5) is 24.9. The number of nitrogens with zero attached hydrogens (tertiary/aromatic N) is 4. The lowest BCUT2D eigenvalue weighted by atomic mass is 9.92. The lowest BCUT2D eigenvalue weighted by molar-refractivity contribution is -0.136. The second-order valence-electron chi connectivity index (χ2n) is 5.85. The van der Waals surface area contributed by atoms with Crippen molar-refractivity contribution < 1.29 is 18.0 Å². The summed E-state index contributed by atoms with van der Waals surface area (Å²) in [7, 11) is 0. The van der Waals surface area contributed by atoms with Gasteiger partial charge in [0.1, 0.15) is 12.1 Å². The van der Waals surface area contributed by atoms with Gasteiger partial charge >= 0.3 is 6.18 Å². The van der Waals surface area contributed by atoms with Gasteiger partial charge in [-0.05, 0) is 18.9 Å². The number of carbonyl (C=O) groups is 1. The van der Waals surface area contributed by atoms with Gasteiger partial charge < -0.3 is 10.6 Å². The minimum atomic E-state index is -4.59. The van der Waals surface area contributed by atoms with E-state index in [2.05, 4.69) is 15.0 Å². The van der Waals surface area contributed by atoms with Crippen LogP contribution in [-0.4, -0.2) is 38.8 Å². The molecule has 0 saturated carbocycles. The molecule has 2 aromatic heterocycles. The molecule has 1 amide bonds. The van der Waals surface area contributed by atoms with Crippen molar-refractivity contribution in [2.24, 2.45) is 0 Å². The Morgan fingerprint density at radius 3 is 2.79 bits per heavy atom. The van der Waals surface area contributed by atoms with Crippen molar-refractivity contribution >= 4 is 22.8 Å². The minimum Gasteiger partial charge on any atom is -0.383 e. The molecule has 128 valence electrons. The summed E-state index contributed by atoms with van der Waals surface area (Å²) in [5, 5.41) is -0.284. The number of rotatable bonds is 1. The maximum Gasteiger partial charge on any atom is 0.417 e. The summed E-state index contributed by atoms with van der Waals surface area (Å²) in [5.74, 6) is -0.604. The monoisotopic (exact) mass is 339 g/mol. The fourth-order valence-electron chi connectivity index (χ4n) is 3.04. The average molecular weight is 339 g/mol. The smallest absolute Gasteiger partial charge is 0.383 e. The highest BCUT2D eigenvalue weighted by atomic mass is 19.4. The van der Waals surface area contributed by atoms with Crippen LogP contribution in [0.2, 0.25) is 0 Å².